The van der Waals surface area contributed by atoms with Gasteiger partial charge in [-0.05, 0) is 43.0 Å². The number of nitrogens with one attached hydrogen (secondary N) is 2. The maximum atomic E-state index is 13.3. The van der Waals surface area contributed by atoms with E-state index in [1.807, 2.05) is 18.2 Å². The molecular formula is C19H24FN3O. The Morgan fingerprint density at radius 1 is 1.17 bits per heavy atom. The van der Waals surface area contributed by atoms with Crippen molar-refractivity contribution in [3.63, 3.8) is 0 Å². The molecule has 0 fully saturated rings. The fourth-order valence-corrected chi connectivity index (χ4v) is 2.37. The molecule has 0 amide bonds. The average Bonchev–Trinajstić information content (AvgIpc) is 2.60. The second-order valence-corrected chi connectivity index (χ2v) is 5.78. The Kier molecular flexibility index (Phi) is 6.61. The molecule has 2 aromatic rings. The van der Waals surface area contributed by atoms with Gasteiger partial charge in [0.15, 0.2) is 17.5 Å². The second kappa shape index (κ2) is 8.91. The number of aliphatic imine (C=N–C) groups is 1. The highest BCUT2D eigenvalue weighted by Crippen LogP contribution is 2.15. The molecule has 4 nitrogen and oxygen atoms in total. The van der Waals surface area contributed by atoms with Crippen LogP contribution in [-0.4, -0.2) is 24.2 Å². The SMILES string of the molecule is CN=C(NCc1ccc(O)c(F)c1)NC(C)CCc1ccccc1. The third kappa shape index (κ3) is 5.57. The predicted molar refractivity (Wildman–Crippen MR) is 95.6 cm³/mol. The number of phenols is 1. The van der Waals surface area contributed by atoms with Crippen LogP contribution in [0.4, 0.5) is 4.39 Å². The third-order valence-corrected chi connectivity index (χ3v) is 3.79. The van der Waals surface area contributed by atoms with Gasteiger partial charge in [-0.1, -0.05) is 36.4 Å². The summed E-state index contributed by atoms with van der Waals surface area (Å²) in [5, 5.41) is 15.7. The Balaban J connectivity index is 1.79. The van der Waals surface area contributed by atoms with Crippen LogP contribution in [0.3, 0.4) is 0 Å². The minimum absolute atomic E-state index is 0.257. The van der Waals surface area contributed by atoms with E-state index in [1.54, 1.807) is 13.1 Å². The molecule has 0 bridgehead atoms. The lowest BCUT2D eigenvalue weighted by molar-refractivity contribution is 0.431. The summed E-state index contributed by atoms with van der Waals surface area (Å²) in [5.74, 6) is -0.284. The number of nitrogens with zero attached hydrogens (tertiary/aromatic N) is 1. The van der Waals surface area contributed by atoms with E-state index in [9.17, 15) is 9.50 Å². The lowest BCUT2D eigenvalue weighted by Crippen LogP contribution is -2.42. The molecular weight excluding hydrogens is 305 g/mol. The number of aryl methyl sites for hydroxylation is 1. The van der Waals surface area contributed by atoms with Crippen molar-refractivity contribution in [1.82, 2.24) is 10.6 Å². The molecule has 24 heavy (non-hydrogen) atoms. The highest BCUT2D eigenvalue weighted by molar-refractivity contribution is 5.79. The van der Waals surface area contributed by atoms with Crippen LogP contribution in [0, 0.1) is 5.82 Å². The summed E-state index contributed by atoms with van der Waals surface area (Å²) < 4.78 is 13.3. The number of phenolic OH excluding ortho intramolecular Hbond substituents is 1. The van der Waals surface area contributed by atoms with Gasteiger partial charge in [0.1, 0.15) is 0 Å². The molecule has 0 aromatic heterocycles. The summed E-state index contributed by atoms with van der Waals surface area (Å²) >= 11 is 0. The molecule has 0 saturated carbocycles. The van der Waals surface area contributed by atoms with E-state index in [0.717, 1.165) is 18.4 Å². The number of rotatable bonds is 6. The van der Waals surface area contributed by atoms with Gasteiger partial charge in [0.25, 0.3) is 0 Å². The molecule has 0 heterocycles. The van der Waals surface area contributed by atoms with E-state index in [-0.39, 0.29) is 11.8 Å². The lowest BCUT2D eigenvalue weighted by Gasteiger charge is -2.18. The molecule has 0 aliphatic carbocycles. The van der Waals surface area contributed by atoms with Gasteiger partial charge >= 0.3 is 0 Å². The smallest absolute Gasteiger partial charge is 0.191 e. The van der Waals surface area contributed by atoms with Crippen molar-refractivity contribution in [2.45, 2.75) is 32.4 Å². The first-order valence-electron chi connectivity index (χ1n) is 8.07. The van der Waals surface area contributed by atoms with Gasteiger partial charge in [0.2, 0.25) is 0 Å². The molecule has 2 aromatic carbocycles. The van der Waals surface area contributed by atoms with E-state index in [1.165, 1.54) is 17.7 Å². The quantitative estimate of drug-likeness (QED) is 0.563. The van der Waals surface area contributed by atoms with Gasteiger partial charge in [0, 0.05) is 19.6 Å². The molecule has 0 aliphatic heterocycles. The highest BCUT2D eigenvalue weighted by Gasteiger charge is 2.07. The summed E-state index contributed by atoms with van der Waals surface area (Å²) in [4.78, 5) is 4.19. The van der Waals surface area contributed by atoms with Crippen LogP contribution in [0.2, 0.25) is 0 Å². The molecule has 5 heteroatoms. The Morgan fingerprint density at radius 2 is 1.92 bits per heavy atom. The molecule has 1 unspecified atom stereocenters. The molecule has 1 atom stereocenters. The fourth-order valence-electron chi connectivity index (χ4n) is 2.37. The summed E-state index contributed by atoms with van der Waals surface area (Å²) in [7, 11) is 1.71. The minimum Gasteiger partial charge on any atom is -0.505 e. The lowest BCUT2D eigenvalue weighted by atomic mass is 10.1. The Morgan fingerprint density at radius 3 is 2.58 bits per heavy atom. The second-order valence-electron chi connectivity index (χ2n) is 5.78. The van der Waals surface area contributed by atoms with Gasteiger partial charge in [-0.3, -0.25) is 4.99 Å². The van der Waals surface area contributed by atoms with Crippen molar-refractivity contribution in [2.75, 3.05) is 7.05 Å². The zero-order chi connectivity index (χ0) is 17.4. The van der Waals surface area contributed by atoms with Crippen molar-refractivity contribution in [3.05, 3.63) is 65.5 Å². The Hall–Kier alpha value is -2.56. The summed E-state index contributed by atoms with van der Waals surface area (Å²) in [6.07, 6.45) is 1.98. The van der Waals surface area contributed by atoms with Gasteiger partial charge in [-0.15, -0.1) is 0 Å². The van der Waals surface area contributed by atoms with Crippen molar-refractivity contribution in [2.24, 2.45) is 4.99 Å². The number of hydrogen-bond acceptors (Lipinski definition) is 2. The van der Waals surface area contributed by atoms with Crippen LogP contribution < -0.4 is 10.6 Å². The van der Waals surface area contributed by atoms with Crippen LogP contribution >= 0.6 is 0 Å². The predicted octanol–water partition coefficient (Wildman–Crippen LogP) is 3.22. The number of guanidine groups is 1. The van der Waals surface area contributed by atoms with E-state index in [4.69, 9.17) is 0 Å². The highest BCUT2D eigenvalue weighted by atomic mass is 19.1. The standard InChI is InChI=1S/C19H24FN3O/c1-14(8-9-15-6-4-3-5-7-15)23-19(21-2)22-13-16-10-11-18(24)17(20)12-16/h3-7,10-12,14,24H,8-9,13H2,1-2H3,(H2,21,22,23). The van der Waals surface area contributed by atoms with Crippen molar-refractivity contribution < 1.29 is 9.50 Å². The Labute approximate surface area is 142 Å². The number of halogens is 1. The van der Waals surface area contributed by atoms with Crippen LogP contribution in [0.25, 0.3) is 0 Å². The summed E-state index contributed by atoms with van der Waals surface area (Å²) in [6.45, 7) is 2.54. The van der Waals surface area contributed by atoms with Crippen LogP contribution in [0.5, 0.6) is 5.75 Å². The van der Waals surface area contributed by atoms with E-state index in [0.29, 0.717) is 12.5 Å². The first-order chi connectivity index (χ1) is 11.6. The molecule has 0 aliphatic rings. The molecule has 128 valence electrons. The molecule has 0 spiro atoms. The normalized spacial score (nSPS) is 12.7. The van der Waals surface area contributed by atoms with Gasteiger partial charge in [-0.2, -0.15) is 0 Å². The average molecular weight is 329 g/mol. The molecule has 0 saturated heterocycles. The number of hydrogen-bond donors (Lipinski definition) is 3. The topological polar surface area (TPSA) is 56.7 Å². The van der Waals surface area contributed by atoms with Gasteiger partial charge < -0.3 is 15.7 Å². The van der Waals surface area contributed by atoms with Crippen molar-refractivity contribution >= 4 is 5.96 Å². The van der Waals surface area contributed by atoms with E-state index in [2.05, 4.69) is 34.7 Å². The van der Waals surface area contributed by atoms with Crippen molar-refractivity contribution in [1.29, 1.82) is 0 Å². The first-order valence-corrected chi connectivity index (χ1v) is 8.07. The van der Waals surface area contributed by atoms with Crippen LogP contribution in [0.1, 0.15) is 24.5 Å². The Bertz CT molecular complexity index is 674. The zero-order valence-corrected chi connectivity index (χ0v) is 14.1. The molecule has 0 radical (unpaired) electrons. The molecule has 3 N–H and O–H groups in total. The first kappa shape index (κ1) is 17.8. The van der Waals surface area contributed by atoms with E-state index < -0.39 is 5.82 Å². The largest absolute Gasteiger partial charge is 0.505 e. The summed E-state index contributed by atoms with van der Waals surface area (Å²) in [6, 6.07) is 15.0. The van der Waals surface area contributed by atoms with Crippen LogP contribution in [-0.2, 0) is 13.0 Å². The number of benzene rings is 2. The van der Waals surface area contributed by atoms with E-state index >= 15 is 0 Å². The zero-order valence-electron chi connectivity index (χ0n) is 14.1. The monoisotopic (exact) mass is 329 g/mol. The van der Waals surface area contributed by atoms with Crippen molar-refractivity contribution in [3.8, 4) is 5.75 Å². The fraction of sp³-hybridized carbons (Fsp3) is 0.316. The van der Waals surface area contributed by atoms with Gasteiger partial charge in [-0.25, -0.2) is 4.39 Å². The maximum absolute atomic E-state index is 13.3. The third-order valence-electron chi connectivity index (χ3n) is 3.79. The number of aromatic hydroxyl groups is 1. The minimum atomic E-state index is -0.617. The van der Waals surface area contributed by atoms with Gasteiger partial charge in [0.05, 0.1) is 0 Å². The molecule has 2 rings (SSSR count). The summed E-state index contributed by atoms with van der Waals surface area (Å²) in [5.41, 5.74) is 2.05. The van der Waals surface area contributed by atoms with Crippen LogP contribution in [0.15, 0.2) is 53.5 Å². The maximum Gasteiger partial charge on any atom is 0.191 e.